The molecule has 1 aliphatic rings. The van der Waals surface area contributed by atoms with Gasteiger partial charge in [-0.3, -0.25) is 19.1 Å². The predicted octanol–water partition coefficient (Wildman–Crippen LogP) is 8.09. The van der Waals surface area contributed by atoms with Gasteiger partial charge < -0.3 is 14.7 Å². The number of benzene rings is 3. The molecule has 5 rings (SSSR count). The van der Waals surface area contributed by atoms with E-state index in [1.165, 1.54) is 6.07 Å². The van der Waals surface area contributed by atoms with Crippen molar-refractivity contribution in [2.24, 2.45) is 0 Å². The number of ether oxygens (including phenoxy) is 1. The minimum atomic E-state index is -0.992. The molecule has 0 aliphatic carbocycles. The molecule has 0 atom stereocenters. The van der Waals surface area contributed by atoms with E-state index in [2.05, 4.69) is 5.10 Å². The first-order chi connectivity index (χ1) is 22.1. The summed E-state index contributed by atoms with van der Waals surface area (Å²) in [5, 5.41) is 13.9. The van der Waals surface area contributed by atoms with Gasteiger partial charge in [-0.1, -0.05) is 41.4 Å². The second-order valence-electron chi connectivity index (χ2n) is 10.9. The van der Waals surface area contributed by atoms with Gasteiger partial charge in [0.25, 0.3) is 0 Å². The summed E-state index contributed by atoms with van der Waals surface area (Å²) >= 11 is 14.2. The normalized spacial score (nSPS) is 12.6. The highest BCUT2D eigenvalue weighted by Gasteiger charge is 2.25. The van der Waals surface area contributed by atoms with E-state index in [-0.39, 0.29) is 53.6 Å². The topological polar surface area (TPSA) is 102 Å². The van der Waals surface area contributed by atoms with Crippen LogP contribution in [0.5, 0.6) is 5.75 Å². The third-order valence-electron chi connectivity index (χ3n) is 7.68. The Balaban J connectivity index is 1.25. The van der Waals surface area contributed by atoms with Gasteiger partial charge in [0.05, 0.1) is 25.0 Å². The van der Waals surface area contributed by atoms with E-state index in [4.69, 9.17) is 33.0 Å². The van der Waals surface area contributed by atoms with Crippen LogP contribution in [0.1, 0.15) is 53.6 Å². The van der Waals surface area contributed by atoms with Crippen LogP contribution >= 0.6 is 35.0 Å². The molecule has 0 bridgehead atoms. The molecule has 0 spiro atoms. The molecule has 1 aliphatic heterocycles. The molecule has 1 amide bonds. The van der Waals surface area contributed by atoms with Gasteiger partial charge in [-0.25, -0.2) is 4.39 Å². The van der Waals surface area contributed by atoms with Gasteiger partial charge in [-0.05, 0) is 50.1 Å². The molecular weight excluding hydrogens is 652 g/mol. The largest absolute Gasteiger partial charge is 0.493 e. The molecular formula is C34H32Cl2FN3O5S. The zero-order chi connectivity index (χ0) is 32.8. The zero-order valence-electron chi connectivity index (χ0n) is 25.1. The molecule has 240 valence electrons. The lowest BCUT2D eigenvalue weighted by Gasteiger charge is -2.30. The molecule has 12 heteroatoms. The lowest BCUT2D eigenvalue weighted by atomic mass is 10.0. The van der Waals surface area contributed by atoms with Crippen LogP contribution in [0.3, 0.4) is 0 Å². The molecule has 0 saturated heterocycles. The third kappa shape index (κ3) is 7.92. The number of rotatable bonds is 13. The lowest BCUT2D eigenvalue weighted by molar-refractivity contribution is -0.137. The van der Waals surface area contributed by atoms with Gasteiger partial charge in [-0.2, -0.15) is 5.10 Å². The van der Waals surface area contributed by atoms with Crippen molar-refractivity contribution in [2.45, 2.75) is 50.5 Å². The first-order valence-corrected chi connectivity index (χ1v) is 16.6. The van der Waals surface area contributed by atoms with Crippen LogP contribution in [0.4, 0.5) is 10.1 Å². The summed E-state index contributed by atoms with van der Waals surface area (Å²) < 4.78 is 22.5. The molecule has 0 radical (unpaired) electrons. The standard InChI is InChI=1S/C34H32Cl2FN3O5S/c1-21-26(35)7-3-10-31(21)45-14-5-11-32(42)40-13-15-46-34-24(6-2-8-29(34)40)23-18-38-39(19-23)20-25-27(36)16-22(17-28(25)37)30(41)9-4-12-33(43)44/h2-3,6-8,10,16-19H,4-5,9,11-15,20H2,1H3,(H,43,44). The molecule has 0 saturated carbocycles. The quantitative estimate of drug-likeness (QED) is 0.112. The van der Waals surface area contributed by atoms with Gasteiger partial charge in [0.1, 0.15) is 11.6 Å². The number of Topliss-reactive ketones (excluding diaryl/α,β-unsaturated/α-hetero) is 1. The highest BCUT2D eigenvalue weighted by molar-refractivity contribution is 7.99. The predicted molar refractivity (Wildman–Crippen MR) is 178 cm³/mol. The smallest absolute Gasteiger partial charge is 0.303 e. The van der Waals surface area contributed by atoms with Crippen molar-refractivity contribution in [1.82, 2.24) is 9.78 Å². The highest BCUT2D eigenvalue weighted by atomic mass is 35.5. The third-order valence-corrected chi connectivity index (χ3v) is 9.53. The number of nitrogens with zero attached hydrogens (tertiary/aromatic N) is 3. The van der Waals surface area contributed by atoms with Gasteiger partial charge in [0, 0.05) is 80.5 Å². The number of aromatic nitrogens is 2. The Morgan fingerprint density at radius 2 is 1.85 bits per heavy atom. The van der Waals surface area contributed by atoms with E-state index in [0.29, 0.717) is 36.8 Å². The second kappa shape index (κ2) is 15.2. The number of hydrogen-bond donors (Lipinski definition) is 1. The van der Waals surface area contributed by atoms with Crippen molar-refractivity contribution in [1.29, 1.82) is 0 Å². The monoisotopic (exact) mass is 683 g/mol. The highest BCUT2D eigenvalue weighted by Crippen LogP contribution is 2.42. The lowest BCUT2D eigenvalue weighted by Crippen LogP contribution is -2.35. The summed E-state index contributed by atoms with van der Waals surface area (Å²) in [4.78, 5) is 39.2. The summed E-state index contributed by atoms with van der Waals surface area (Å²) in [7, 11) is 0. The first-order valence-electron chi connectivity index (χ1n) is 14.8. The number of fused-ring (bicyclic) bond motifs is 1. The second-order valence-corrected chi connectivity index (χ2v) is 12.8. The first kappa shape index (κ1) is 33.5. The number of ketones is 1. The van der Waals surface area contributed by atoms with Gasteiger partial charge in [-0.15, -0.1) is 11.8 Å². The molecule has 8 nitrogen and oxygen atoms in total. The SMILES string of the molecule is Cc1c(Cl)cccc1OCCCC(=O)N1CCSc2c(-c3cnn(Cc4c(F)cc(C(=O)CCCC(=O)O)cc4Cl)c3)cccc21. The molecule has 4 aromatic rings. The van der Waals surface area contributed by atoms with Gasteiger partial charge >= 0.3 is 5.97 Å². The number of carboxylic acids is 1. The van der Waals surface area contributed by atoms with E-state index in [9.17, 15) is 14.4 Å². The molecule has 3 aromatic carbocycles. The summed E-state index contributed by atoms with van der Waals surface area (Å²) in [5.41, 5.74) is 3.74. The molecule has 1 N–H and O–H groups in total. The van der Waals surface area contributed by atoms with Gasteiger partial charge in [0.2, 0.25) is 5.91 Å². The fraction of sp³-hybridized carbons (Fsp3) is 0.294. The Morgan fingerprint density at radius 3 is 2.63 bits per heavy atom. The number of halogens is 3. The Labute approximate surface area is 280 Å². The number of carbonyl (C=O) groups excluding carboxylic acids is 2. The molecule has 0 unspecified atom stereocenters. The Hall–Kier alpha value is -3.86. The number of carboxylic acid groups (broad SMARTS) is 1. The van der Waals surface area contributed by atoms with Crippen molar-refractivity contribution in [3.05, 3.63) is 93.5 Å². The minimum absolute atomic E-state index is 0.00944. The van der Waals surface area contributed by atoms with Crippen LogP contribution in [-0.4, -0.2) is 51.5 Å². The molecule has 46 heavy (non-hydrogen) atoms. The van der Waals surface area contributed by atoms with Crippen LogP contribution in [-0.2, 0) is 16.1 Å². The van der Waals surface area contributed by atoms with E-state index < -0.39 is 11.8 Å². The summed E-state index contributed by atoms with van der Waals surface area (Å²) in [6.07, 6.45) is 4.41. The van der Waals surface area contributed by atoms with Crippen LogP contribution in [0.25, 0.3) is 11.1 Å². The zero-order valence-corrected chi connectivity index (χ0v) is 27.4. The minimum Gasteiger partial charge on any atom is -0.493 e. The maximum Gasteiger partial charge on any atom is 0.303 e. The van der Waals surface area contributed by atoms with E-state index in [1.807, 2.05) is 48.2 Å². The number of amides is 1. The maximum absolute atomic E-state index is 15.1. The van der Waals surface area contributed by atoms with Crippen molar-refractivity contribution >= 4 is 58.3 Å². The summed E-state index contributed by atoms with van der Waals surface area (Å²) in [6.45, 7) is 2.94. The van der Waals surface area contributed by atoms with Gasteiger partial charge in [0.15, 0.2) is 5.78 Å². The van der Waals surface area contributed by atoms with Crippen LogP contribution < -0.4 is 9.64 Å². The average Bonchev–Trinajstić information content (AvgIpc) is 3.50. The Bertz CT molecular complexity index is 1760. The van der Waals surface area contributed by atoms with E-state index in [1.54, 1.807) is 28.8 Å². The fourth-order valence-corrected chi connectivity index (χ4v) is 6.81. The van der Waals surface area contributed by atoms with Crippen LogP contribution in [0, 0.1) is 12.7 Å². The van der Waals surface area contributed by atoms with Crippen molar-refractivity contribution in [2.75, 3.05) is 23.8 Å². The molecule has 1 aromatic heterocycles. The maximum atomic E-state index is 15.1. The number of hydrogen-bond acceptors (Lipinski definition) is 6. The summed E-state index contributed by atoms with van der Waals surface area (Å²) in [5.74, 6) is -0.518. The Morgan fingerprint density at radius 1 is 1.04 bits per heavy atom. The number of carbonyl (C=O) groups is 3. The van der Waals surface area contributed by atoms with Crippen LogP contribution in [0.15, 0.2) is 65.8 Å². The number of aliphatic carboxylic acids is 1. The van der Waals surface area contributed by atoms with Crippen LogP contribution in [0.2, 0.25) is 10.0 Å². The summed E-state index contributed by atoms with van der Waals surface area (Å²) in [6, 6.07) is 13.9. The average molecular weight is 685 g/mol. The van der Waals surface area contributed by atoms with E-state index >= 15 is 4.39 Å². The van der Waals surface area contributed by atoms with Crippen molar-refractivity contribution in [3.63, 3.8) is 0 Å². The number of anilines is 1. The number of thioether (sulfide) groups is 1. The Kier molecular flexibility index (Phi) is 11.0. The molecule has 2 heterocycles. The molecule has 0 fully saturated rings. The van der Waals surface area contributed by atoms with E-state index in [0.717, 1.165) is 39.1 Å². The van der Waals surface area contributed by atoms with Crippen molar-refractivity contribution in [3.8, 4) is 16.9 Å². The fourth-order valence-electron chi connectivity index (χ4n) is 5.23. The van der Waals surface area contributed by atoms with Crippen molar-refractivity contribution < 1.29 is 28.6 Å².